The molecule has 0 amide bonds. The first-order chi connectivity index (χ1) is 13.3. The van der Waals surface area contributed by atoms with Crippen molar-refractivity contribution >= 4 is 17.7 Å². The SMILES string of the molecule is CC.CC.Cc1cccc(Nc2nccc(-c3cccc4c3C=CC4)n2)c1. The van der Waals surface area contributed by atoms with Crippen molar-refractivity contribution in [1.82, 2.24) is 9.97 Å². The molecule has 3 nitrogen and oxygen atoms in total. The lowest BCUT2D eigenvalue weighted by atomic mass is 10.0. The summed E-state index contributed by atoms with van der Waals surface area (Å²) in [7, 11) is 0. The zero-order chi connectivity index (χ0) is 19.6. The molecule has 1 aliphatic rings. The predicted molar refractivity (Wildman–Crippen MR) is 117 cm³/mol. The highest BCUT2D eigenvalue weighted by Crippen LogP contribution is 2.30. The summed E-state index contributed by atoms with van der Waals surface area (Å²) in [6, 6.07) is 16.5. The fourth-order valence-electron chi connectivity index (χ4n) is 2.94. The van der Waals surface area contributed by atoms with E-state index in [0.29, 0.717) is 5.95 Å². The number of hydrogen-bond donors (Lipinski definition) is 1. The number of aryl methyl sites for hydroxylation is 1. The fourth-order valence-corrected chi connectivity index (χ4v) is 2.94. The van der Waals surface area contributed by atoms with E-state index in [4.69, 9.17) is 0 Å². The minimum absolute atomic E-state index is 0.618. The molecule has 4 rings (SSSR count). The van der Waals surface area contributed by atoms with Gasteiger partial charge in [0.2, 0.25) is 5.95 Å². The van der Waals surface area contributed by atoms with Crippen molar-refractivity contribution in [3.8, 4) is 11.3 Å². The first-order valence-corrected chi connectivity index (χ1v) is 9.75. The Morgan fingerprint density at radius 3 is 2.48 bits per heavy atom. The summed E-state index contributed by atoms with van der Waals surface area (Å²) >= 11 is 0. The van der Waals surface area contributed by atoms with Crippen molar-refractivity contribution in [2.45, 2.75) is 41.0 Å². The smallest absolute Gasteiger partial charge is 0.227 e. The van der Waals surface area contributed by atoms with Gasteiger partial charge in [-0.2, -0.15) is 0 Å². The van der Waals surface area contributed by atoms with Gasteiger partial charge in [0.1, 0.15) is 0 Å². The van der Waals surface area contributed by atoms with Crippen LogP contribution in [0.25, 0.3) is 17.3 Å². The lowest BCUT2D eigenvalue weighted by Gasteiger charge is -2.10. The zero-order valence-electron chi connectivity index (χ0n) is 17.0. The van der Waals surface area contributed by atoms with Gasteiger partial charge in [0.25, 0.3) is 0 Å². The van der Waals surface area contributed by atoms with Crippen molar-refractivity contribution in [2.75, 3.05) is 5.32 Å². The third kappa shape index (κ3) is 5.04. The van der Waals surface area contributed by atoms with Gasteiger partial charge < -0.3 is 5.32 Å². The molecule has 1 aromatic heterocycles. The van der Waals surface area contributed by atoms with Crippen LogP contribution in [0.15, 0.2) is 60.8 Å². The molecular formula is C24H29N3. The third-order valence-corrected chi connectivity index (χ3v) is 4.02. The zero-order valence-corrected chi connectivity index (χ0v) is 17.0. The van der Waals surface area contributed by atoms with Crippen LogP contribution in [0.2, 0.25) is 0 Å². The van der Waals surface area contributed by atoms with Crippen LogP contribution >= 0.6 is 0 Å². The van der Waals surface area contributed by atoms with E-state index in [2.05, 4.69) is 64.7 Å². The lowest BCUT2D eigenvalue weighted by molar-refractivity contribution is 1.17. The number of allylic oxidation sites excluding steroid dienone is 1. The summed E-state index contributed by atoms with van der Waals surface area (Å²) in [6.07, 6.45) is 7.18. The number of benzene rings is 2. The van der Waals surface area contributed by atoms with Gasteiger partial charge in [0.15, 0.2) is 0 Å². The third-order valence-electron chi connectivity index (χ3n) is 4.02. The summed E-state index contributed by atoms with van der Waals surface area (Å²) in [6.45, 7) is 10.1. The molecule has 2 aromatic carbocycles. The minimum Gasteiger partial charge on any atom is -0.324 e. The first kappa shape index (κ1) is 20.4. The van der Waals surface area contributed by atoms with E-state index in [-0.39, 0.29) is 0 Å². The van der Waals surface area contributed by atoms with Crippen LogP contribution in [-0.4, -0.2) is 9.97 Å². The van der Waals surface area contributed by atoms with Gasteiger partial charge in [-0.25, -0.2) is 9.97 Å². The van der Waals surface area contributed by atoms with E-state index in [1.165, 1.54) is 16.7 Å². The standard InChI is InChI=1S/C20H17N3.2C2H6/c1-14-5-2-8-16(13-14)22-20-21-12-11-19(23-20)18-10-4-7-15-6-3-9-17(15)18;2*1-2/h2-5,7-13H,6H2,1H3,(H,21,22,23);2*1-2H3. The van der Waals surface area contributed by atoms with Crippen molar-refractivity contribution in [3.05, 3.63) is 77.5 Å². The number of fused-ring (bicyclic) bond motifs is 1. The van der Waals surface area contributed by atoms with E-state index < -0.39 is 0 Å². The van der Waals surface area contributed by atoms with Crippen molar-refractivity contribution in [2.24, 2.45) is 0 Å². The monoisotopic (exact) mass is 359 g/mol. The van der Waals surface area contributed by atoms with E-state index in [1.807, 2.05) is 45.9 Å². The van der Waals surface area contributed by atoms with Crippen LogP contribution in [-0.2, 0) is 6.42 Å². The van der Waals surface area contributed by atoms with E-state index in [1.54, 1.807) is 6.20 Å². The molecular weight excluding hydrogens is 330 g/mol. The van der Waals surface area contributed by atoms with E-state index in [9.17, 15) is 0 Å². The number of nitrogens with one attached hydrogen (secondary N) is 1. The topological polar surface area (TPSA) is 37.8 Å². The van der Waals surface area contributed by atoms with Crippen molar-refractivity contribution in [3.63, 3.8) is 0 Å². The molecule has 0 atom stereocenters. The summed E-state index contributed by atoms with van der Waals surface area (Å²) < 4.78 is 0. The summed E-state index contributed by atoms with van der Waals surface area (Å²) in [5.41, 5.74) is 6.93. The highest BCUT2D eigenvalue weighted by atomic mass is 15.1. The Kier molecular flexibility index (Phi) is 7.75. The Labute approximate surface area is 163 Å². The molecule has 0 spiro atoms. The largest absolute Gasteiger partial charge is 0.324 e. The molecule has 0 fully saturated rings. The highest BCUT2D eigenvalue weighted by molar-refractivity contribution is 5.78. The second-order valence-electron chi connectivity index (χ2n) is 5.74. The average molecular weight is 360 g/mol. The average Bonchev–Trinajstić information content (AvgIpc) is 3.20. The Hall–Kier alpha value is -2.94. The van der Waals surface area contributed by atoms with Crippen LogP contribution < -0.4 is 5.32 Å². The number of rotatable bonds is 3. The van der Waals surface area contributed by atoms with Crippen LogP contribution in [0, 0.1) is 6.92 Å². The predicted octanol–water partition coefficient (Wildman–Crippen LogP) is 6.82. The van der Waals surface area contributed by atoms with Gasteiger partial charge >= 0.3 is 0 Å². The van der Waals surface area contributed by atoms with Crippen molar-refractivity contribution in [1.29, 1.82) is 0 Å². The van der Waals surface area contributed by atoms with Gasteiger partial charge in [-0.1, -0.05) is 70.2 Å². The highest BCUT2D eigenvalue weighted by Gasteiger charge is 2.12. The molecule has 0 saturated heterocycles. The first-order valence-electron chi connectivity index (χ1n) is 9.75. The Morgan fingerprint density at radius 1 is 0.926 bits per heavy atom. The Morgan fingerprint density at radius 2 is 1.70 bits per heavy atom. The van der Waals surface area contributed by atoms with Gasteiger partial charge in [0, 0.05) is 17.4 Å². The number of nitrogens with zero attached hydrogens (tertiary/aromatic N) is 2. The number of hydrogen-bond acceptors (Lipinski definition) is 3. The molecule has 27 heavy (non-hydrogen) atoms. The number of aromatic nitrogens is 2. The summed E-state index contributed by atoms with van der Waals surface area (Å²) in [5, 5.41) is 3.28. The van der Waals surface area contributed by atoms with Crippen LogP contribution in [0.5, 0.6) is 0 Å². The maximum Gasteiger partial charge on any atom is 0.227 e. The molecule has 3 aromatic rings. The molecule has 0 bridgehead atoms. The fraction of sp³-hybridized carbons (Fsp3) is 0.250. The molecule has 0 unspecified atom stereocenters. The molecule has 0 saturated carbocycles. The summed E-state index contributed by atoms with van der Waals surface area (Å²) in [5.74, 6) is 0.618. The molecule has 140 valence electrons. The minimum atomic E-state index is 0.618. The second-order valence-corrected chi connectivity index (χ2v) is 5.74. The maximum atomic E-state index is 4.69. The Balaban J connectivity index is 0.000000614. The van der Waals surface area contributed by atoms with Crippen LogP contribution in [0.1, 0.15) is 44.4 Å². The van der Waals surface area contributed by atoms with Gasteiger partial charge in [-0.05, 0) is 48.2 Å². The molecule has 3 heteroatoms. The van der Waals surface area contributed by atoms with Gasteiger partial charge in [0.05, 0.1) is 5.69 Å². The summed E-state index contributed by atoms with van der Waals surface area (Å²) in [4.78, 5) is 9.03. The molecule has 1 heterocycles. The molecule has 1 aliphatic carbocycles. The van der Waals surface area contributed by atoms with Gasteiger partial charge in [-0.15, -0.1) is 0 Å². The van der Waals surface area contributed by atoms with E-state index in [0.717, 1.165) is 23.4 Å². The lowest BCUT2D eigenvalue weighted by Crippen LogP contribution is -1.99. The number of anilines is 2. The van der Waals surface area contributed by atoms with Gasteiger partial charge in [-0.3, -0.25) is 0 Å². The van der Waals surface area contributed by atoms with Crippen molar-refractivity contribution < 1.29 is 0 Å². The molecule has 0 aliphatic heterocycles. The quantitative estimate of drug-likeness (QED) is 0.557. The molecule has 0 radical (unpaired) electrons. The second kappa shape index (κ2) is 10.3. The maximum absolute atomic E-state index is 4.69. The Bertz CT molecular complexity index is 898. The van der Waals surface area contributed by atoms with Crippen LogP contribution in [0.3, 0.4) is 0 Å². The molecule has 1 N–H and O–H groups in total. The van der Waals surface area contributed by atoms with E-state index >= 15 is 0 Å². The van der Waals surface area contributed by atoms with Crippen LogP contribution in [0.4, 0.5) is 11.6 Å². The normalized spacial score (nSPS) is 10.9.